The predicted molar refractivity (Wildman–Crippen MR) is 114 cm³/mol. The summed E-state index contributed by atoms with van der Waals surface area (Å²) in [4.78, 5) is 15.0. The van der Waals surface area contributed by atoms with Gasteiger partial charge in [0.15, 0.2) is 6.04 Å². The Morgan fingerprint density at radius 1 is 1.25 bits per heavy atom. The minimum absolute atomic E-state index is 0.106. The van der Waals surface area contributed by atoms with Gasteiger partial charge in [-0.3, -0.25) is 9.69 Å². The Morgan fingerprint density at radius 3 is 2.66 bits per heavy atom. The normalized spacial score (nSPS) is 21.6. The van der Waals surface area contributed by atoms with Gasteiger partial charge >= 0.3 is 6.18 Å². The highest BCUT2D eigenvalue weighted by molar-refractivity contribution is 5.98. The highest BCUT2D eigenvalue weighted by Gasteiger charge is 2.47. The Balaban J connectivity index is 1.46. The first-order valence-electron chi connectivity index (χ1n) is 10.9. The molecule has 0 spiro atoms. The second kappa shape index (κ2) is 9.50. The van der Waals surface area contributed by atoms with Gasteiger partial charge in [0, 0.05) is 26.1 Å². The van der Waals surface area contributed by atoms with E-state index >= 15 is 0 Å². The van der Waals surface area contributed by atoms with Crippen molar-refractivity contribution in [2.75, 3.05) is 44.7 Å². The fourth-order valence-electron chi connectivity index (χ4n) is 4.17. The molecule has 0 bridgehead atoms. The van der Waals surface area contributed by atoms with Crippen LogP contribution in [-0.4, -0.2) is 66.2 Å². The zero-order valence-corrected chi connectivity index (χ0v) is 18.0. The lowest BCUT2D eigenvalue weighted by molar-refractivity contribution is -0.173. The van der Waals surface area contributed by atoms with Crippen LogP contribution in [0, 0.1) is 6.92 Å². The first-order valence-corrected chi connectivity index (χ1v) is 10.9. The number of amides is 1. The number of carbonyl (C=O) groups excluding carboxylic acids is 1. The SMILES string of the molecule is Cc1ccc([C@H]2C[C@@H](C(F)(F)F)n3ncc(C(=O)NCCCN4CCOCC4)c3N2)cc1. The maximum Gasteiger partial charge on any atom is 0.410 e. The number of aromatic nitrogens is 2. The largest absolute Gasteiger partial charge is 0.410 e. The van der Waals surface area contributed by atoms with Crippen LogP contribution in [0.25, 0.3) is 0 Å². The Bertz CT molecular complexity index is 923. The zero-order valence-electron chi connectivity index (χ0n) is 18.0. The topological polar surface area (TPSA) is 71.4 Å². The van der Waals surface area contributed by atoms with Crippen LogP contribution in [0.15, 0.2) is 30.5 Å². The molecule has 1 aromatic heterocycles. The summed E-state index contributed by atoms with van der Waals surface area (Å²) < 4.78 is 47.6. The van der Waals surface area contributed by atoms with Crippen molar-refractivity contribution in [1.82, 2.24) is 20.0 Å². The van der Waals surface area contributed by atoms with E-state index in [1.807, 2.05) is 31.2 Å². The van der Waals surface area contributed by atoms with Crippen molar-refractivity contribution in [2.45, 2.75) is 38.0 Å². The second-order valence-corrected chi connectivity index (χ2v) is 8.32. The van der Waals surface area contributed by atoms with Gasteiger partial charge in [0.05, 0.1) is 25.5 Å². The van der Waals surface area contributed by atoms with E-state index in [0.717, 1.165) is 41.9 Å². The first-order chi connectivity index (χ1) is 15.3. The maximum atomic E-state index is 13.8. The third kappa shape index (κ3) is 5.07. The number of rotatable bonds is 6. The molecule has 2 atom stereocenters. The molecule has 2 aliphatic rings. The van der Waals surface area contributed by atoms with Crippen molar-refractivity contribution < 1.29 is 22.7 Å². The lowest BCUT2D eigenvalue weighted by Gasteiger charge is -2.34. The zero-order chi connectivity index (χ0) is 22.7. The number of carbonyl (C=O) groups is 1. The number of ether oxygens (including phenoxy) is 1. The van der Waals surface area contributed by atoms with Gasteiger partial charge in [0.2, 0.25) is 0 Å². The molecular weight excluding hydrogens is 423 g/mol. The summed E-state index contributed by atoms with van der Waals surface area (Å²) in [6.45, 7) is 6.35. The molecule has 1 fully saturated rings. The van der Waals surface area contributed by atoms with Crippen LogP contribution >= 0.6 is 0 Å². The Labute approximate surface area is 184 Å². The van der Waals surface area contributed by atoms with Gasteiger partial charge in [-0.05, 0) is 25.5 Å². The van der Waals surface area contributed by atoms with E-state index in [-0.39, 0.29) is 17.8 Å². The fraction of sp³-hybridized carbons (Fsp3) is 0.545. The van der Waals surface area contributed by atoms with Crippen molar-refractivity contribution in [3.8, 4) is 0 Å². The van der Waals surface area contributed by atoms with Gasteiger partial charge in [-0.25, -0.2) is 4.68 Å². The van der Waals surface area contributed by atoms with E-state index in [0.29, 0.717) is 19.8 Å². The Hall–Kier alpha value is -2.59. The van der Waals surface area contributed by atoms with Crippen LogP contribution in [0.3, 0.4) is 0 Å². The van der Waals surface area contributed by atoms with Gasteiger partial charge in [-0.2, -0.15) is 18.3 Å². The van der Waals surface area contributed by atoms with E-state index in [2.05, 4.69) is 20.6 Å². The number of anilines is 1. The van der Waals surface area contributed by atoms with E-state index in [1.54, 1.807) is 0 Å². The van der Waals surface area contributed by atoms with Crippen molar-refractivity contribution in [3.63, 3.8) is 0 Å². The van der Waals surface area contributed by atoms with Crippen molar-refractivity contribution in [1.29, 1.82) is 0 Å². The molecule has 2 aliphatic heterocycles. The number of morpholine rings is 1. The lowest BCUT2D eigenvalue weighted by Crippen LogP contribution is -2.38. The number of nitrogens with zero attached hydrogens (tertiary/aromatic N) is 3. The standard InChI is InChI=1S/C22H28F3N5O2/c1-15-3-5-16(6-4-15)18-13-19(22(23,24)25)30-20(28-18)17(14-27-30)21(31)26-7-2-8-29-9-11-32-12-10-29/h3-6,14,18-19,28H,2,7-13H2,1H3,(H,26,31)/t18-,19+/m1/s1. The molecule has 0 unspecified atom stereocenters. The monoisotopic (exact) mass is 451 g/mol. The number of halogens is 3. The molecule has 4 rings (SSSR count). The number of hydrogen-bond acceptors (Lipinski definition) is 5. The predicted octanol–water partition coefficient (Wildman–Crippen LogP) is 3.30. The number of nitrogens with one attached hydrogen (secondary N) is 2. The van der Waals surface area contributed by atoms with E-state index in [4.69, 9.17) is 4.74 Å². The molecule has 1 saturated heterocycles. The molecule has 0 saturated carbocycles. The summed E-state index contributed by atoms with van der Waals surface area (Å²) in [7, 11) is 0. The summed E-state index contributed by atoms with van der Waals surface area (Å²) in [6.07, 6.45) is -2.70. The highest BCUT2D eigenvalue weighted by Crippen LogP contribution is 2.44. The highest BCUT2D eigenvalue weighted by atomic mass is 19.4. The maximum absolute atomic E-state index is 13.8. The number of aryl methyl sites for hydroxylation is 1. The van der Waals surface area contributed by atoms with Crippen molar-refractivity contribution in [2.24, 2.45) is 0 Å². The Kier molecular flexibility index (Phi) is 6.71. The van der Waals surface area contributed by atoms with E-state index < -0.39 is 24.2 Å². The molecule has 7 nitrogen and oxygen atoms in total. The smallest absolute Gasteiger partial charge is 0.379 e. The van der Waals surface area contributed by atoms with Crippen LogP contribution in [0.2, 0.25) is 0 Å². The molecular formula is C22H28F3N5O2. The van der Waals surface area contributed by atoms with Crippen LogP contribution in [0.1, 0.15) is 46.4 Å². The molecule has 1 aromatic carbocycles. The van der Waals surface area contributed by atoms with Crippen LogP contribution < -0.4 is 10.6 Å². The minimum atomic E-state index is -4.47. The molecule has 1 amide bonds. The minimum Gasteiger partial charge on any atom is -0.379 e. The van der Waals surface area contributed by atoms with Gasteiger partial charge in [-0.15, -0.1) is 0 Å². The van der Waals surface area contributed by atoms with Crippen LogP contribution in [0.4, 0.5) is 19.0 Å². The summed E-state index contributed by atoms with van der Waals surface area (Å²) in [5.74, 6) is -0.318. The summed E-state index contributed by atoms with van der Waals surface area (Å²) >= 11 is 0. The summed E-state index contributed by atoms with van der Waals surface area (Å²) in [5, 5.41) is 9.86. The van der Waals surface area contributed by atoms with Gasteiger partial charge in [0.25, 0.3) is 5.91 Å². The first kappa shape index (κ1) is 22.6. The van der Waals surface area contributed by atoms with Crippen molar-refractivity contribution in [3.05, 3.63) is 47.2 Å². The molecule has 2 N–H and O–H groups in total. The Morgan fingerprint density at radius 2 is 1.97 bits per heavy atom. The molecule has 3 heterocycles. The molecule has 2 aromatic rings. The average Bonchev–Trinajstić information content (AvgIpc) is 3.20. The molecule has 0 aliphatic carbocycles. The third-order valence-electron chi connectivity index (χ3n) is 6.00. The lowest BCUT2D eigenvalue weighted by atomic mass is 9.96. The number of fused-ring (bicyclic) bond motifs is 1. The second-order valence-electron chi connectivity index (χ2n) is 8.32. The third-order valence-corrected chi connectivity index (χ3v) is 6.00. The van der Waals surface area contributed by atoms with Gasteiger partial charge in [-0.1, -0.05) is 29.8 Å². The van der Waals surface area contributed by atoms with Crippen LogP contribution in [0.5, 0.6) is 0 Å². The fourth-order valence-corrected chi connectivity index (χ4v) is 4.17. The quantitative estimate of drug-likeness (QED) is 0.660. The average molecular weight is 451 g/mol. The van der Waals surface area contributed by atoms with Gasteiger partial charge in [0.1, 0.15) is 11.4 Å². The number of hydrogen-bond donors (Lipinski definition) is 2. The summed E-state index contributed by atoms with van der Waals surface area (Å²) in [5.41, 5.74) is 1.90. The molecule has 10 heteroatoms. The molecule has 0 radical (unpaired) electrons. The van der Waals surface area contributed by atoms with Crippen LogP contribution in [-0.2, 0) is 4.74 Å². The molecule has 32 heavy (non-hydrogen) atoms. The summed E-state index contributed by atoms with van der Waals surface area (Å²) in [6, 6.07) is 5.00. The van der Waals surface area contributed by atoms with E-state index in [9.17, 15) is 18.0 Å². The van der Waals surface area contributed by atoms with Gasteiger partial charge < -0.3 is 15.4 Å². The molecule has 174 valence electrons. The van der Waals surface area contributed by atoms with Crippen molar-refractivity contribution >= 4 is 11.7 Å². The van der Waals surface area contributed by atoms with E-state index in [1.165, 1.54) is 6.20 Å². The number of benzene rings is 1. The number of alkyl halides is 3.